The number of carbonyl (C=O) groups is 5. The number of carboxylic acid groups (broad SMARTS) is 1. The Bertz CT molecular complexity index is 1850. The minimum atomic E-state index is -2.39. The highest BCUT2D eigenvalue weighted by Gasteiger charge is 2.51. The Kier molecular flexibility index (Phi) is 9.30. The van der Waals surface area contributed by atoms with Crippen LogP contribution in [0.4, 0.5) is 0 Å². The third kappa shape index (κ3) is 5.64. The van der Waals surface area contributed by atoms with Gasteiger partial charge in [-0.3, -0.25) is 19.2 Å². The third-order valence-corrected chi connectivity index (χ3v) is 10.1. The number of aliphatic hydroxyl groups is 3. The number of hydrogen-bond acceptors (Lipinski definition) is 13. The van der Waals surface area contributed by atoms with Crippen LogP contribution in [0.15, 0.2) is 29.3 Å². The van der Waals surface area contributed by atoms with Gasteiger partial charge in [0.15, 0.2) is 11.6 Å². The maximum absolute atomic E-state index is 13.9. The molecule has 50 heavy (non-hydrogen) atoms. The predicted octanol–water partition coefficient (Wildman–Crippen LogP) is 0.766. The minimum Gasteiger partial charge on any atom is -0.507 e. The monoisotopic (exact) mass is 695 g/mol. The molecule has 0 bridgehead atoms. The quantitative estimate of drug-likeness (QED) is 0.161. The lowest BCUT2D eigenvalue weighted by Gasteiger charge is -2.44. The summed E-state index contributed by atoms with van der Waals surface area (Å²) in [6, 6.07) is 3.02. The Balaban J connectivity index is 1.45. The van der Waals surface area contributed by atoms with Crippen molar-refractivity contribution in [1.29, 1.82) is 0 Å². The Morgan fingerprint density at radius 2 is 1.70 bits per heavy atom. The van der Waals surface area contributed by atoms with Gasteiger partial charge in [-0.2, -0.15) is 0 Å². The number of aromatic hydroxyl groups is 2. The number of methoxy groups -OCH3 is 1. The summed E-state index contributed by atoms with van der Waals surface area (Å²) < 4.78 is 17.3. The second kappa shape index (κ2) is 13.2. The molecule has 1 heterocycles. The maximum atomic E-state index is 13.9. The molecule has 2 aromatic rings. The topological polar surface area (TPSA) is 246 Å². The molecule has 0 radical (unpaired) electrons. The zero-order valence-corrected chi connectivity index (χ0v) is 27.2. The molecule has 4 unspecified atom stereocenters. The van der Waals surface area contributed by atoms with Crippen LogP contribution in [0.3, 0.4) is 0 Å². The van der Waals surface area contributed by atoms with Crippen LogP contribution in [0.1, 0.15) is 88.1 Å². The molecule has 6 rings (SSSR count). The molecule has 1 aliphatic heterocycles. The van der Waals surface area contributed by atoms with Gasteiger partial charge in [0.25, 0.3) is 0 Å². The highest BCUT2D eigenvalue weighted by molar-refractivity contribution is 6.31. The summed E-state index contributed by atoms with van der Waals surface area (Å²) in [7, 11) is 1.29. The van der Waals surface area contributed by atoms with Crippen molar-refractivity contribution in [2.24, 2.45) is 0 Å². The molecule has 7 N–H and O–H groups in total. The van der Waals surface area contributed by atoms with Gasteiger partial charge in [0.2, 0.25) is 11.7 Å². The van der Waals surface area contributed by atoms with E-state index in [0.717, 1.165) is 0 Å². The van der Waals surface area contributed by atoms with Crippen molar-refractivity contribution in [3.63, 3.8) is 0 Å². The first-order valence-electron chi connectivity index (χ1n) is 16.2. The summed E-state index contributed by atoms with van der Waals surface area (Å²) in [6.45, 7) is 0.164. The minimum absolute atomic E-state index is 0.0407. The van der Waals surface area contributed by atoms with Gasteiger partial charge in [0.1, 0.15) is 41.7 Å². The van der Waals surface area contributed by atoms with E-state index in [4.69, 9.17) is 14.2 Å². The lowest BCUT2D eigenvalue weighted by molar-refractivity contribution is -0.183. The van der Waals surface area contributed by atoms with Gasteiger partial charge in [-0.25, -0.2) is 4.79 Å². The number of rotatable bonds is 8. The van der Waals surface area contributed by atoms with E-state index in [9.17, 15) is 54.6 Å². The SMILES string of the molecule is COc1cccc2c1C(=O)c1c(O)c3c(c(O)c1C2=O)C[C@@](O)(C(=O)CO)C[C@@H]3OC1COC(C)C(O)C1NC(=O)C1=C(C(=O)O)CCCC1. The fraction of sp³-hybridized carbons (Fsp3) is 0.457. The summed E-state index contributed by atoms with van der Waals surface area (Å²) in [6.07, 6.45) is -4.78. The number of phenols is 2. The number of carbonyl (C=O) groups excluding carboxylic acids is 4. The fourth-order valence-corrected chi connectivity index (χ4v) is 7.50. The molecule has 1 fully saturated rings. The first-order chi connectivity index (χ1) is 23.7. The van der Waals surface area contributed by atoms with Gasteiger partial charge in [-0.15, -0.1) is 0 Å². The van der Waals surface area contributed by atoms with Crippen LogP contribution in [-0.4, -0.2) is 110 Å². The van der Waals surface area contributed by atoms with Crippen molar-refractivity contribution >= 4 is 29.2 Å². The Labute approximate surface area is 285 Å². The highest BCUT2D eigenvalue weighted by atomic mass is 16.6. The van der Waals surface area contributed by atoms with E-state index >= 15 is 0 Å². The molecule has 6 atom stereocenters. The molecular formula is C35H37NO14. The van der Waals surface area contributed by atoms with E-state index in [1.165, 1.54) is 25.3 Å². The molecular weight excluding hydrogens is 658 g/mol. The number of Topliss-reactive ketones (excluding diaryl/α,β-unsaturated/α-hetero) is 1. The van der Waals surface area contributed by atoms with E-state index in [1.807, 2.05) is 0 Å². The largest absolute Gasteiger partial charge is 0.507 e. The number of benzene rings is 2. The van der Waals surface area contributed by atoms with E-state index in [0.29, 0.717) is 12.8 Å². The van der Waals surface area contributed by atoms with Crippen molar-refractivity contribution < 1.29 is 68.8 Å². The molecule has 266 valence electrons. The Morgan fingerprint density at radius 1 is 1.02 bits per heavy atom. The smallest absolute Gasteiger partial charge is 0.332 e. The highest BCUT2D eigenvalue weighted by Crippen LogP contribution is 2.52. The van der Waals surface area contributed by atoms with Crippen LogP contribution < -0.4 is 10.1 Å². The Hall–Kier alpha value is -4.67. The number of aliphatic hydroxyl groups excluding tert-OH is 2. The average Bonchev–Trinajstić information content (AvgIpc) is 3.10. The van der Waals surface area contributed by atoms with Gasteiger partial charge in [0.05, 0.1) is 48.7 Å². The zero-order chi connectivity index (χ0) is 36.2. The second-order valence-electron chi connectivity index (χ2n) is 13.0. The third-order valence-electron chi connectivity index (χ3n) is 10.1. The summed E-state index contributed by atoms with van der Waals surface area (Å²) in [4.78, 5) is 65.9. The van der Waals surface area contributed by atoms with Crippen molar-refractivity contribution in [2.45, 2.75) is 81.5 Å². The zero-order valence-electron chi connectivity index (χ0n) is 27.2. The standard InChI is InChI=1S/C35H37NO14/c1-14-28(39)27(36-33(44)15-6-3-4-7-16(15)34(45)46)21(13-49-14)50-20-11-35(47,22(38)12-37)10-18-24(20)32(43)26-25(30(18)41)29(40)17-8-5-9-19(48-2)23(17)31(26)42/h5,8-9,14,20-21,27-28,37,39,41,43,47H,3-4,6-7,10-13H2,1-2H3,(H,36,44)(H,45,46)/t14?,20-,21?,27?,28?,35-/m0/s1. The lowest BCUT2D eigenvalue weighted by atomic mass is 9.71. The van der Waals surface area contributed by atoms with Gasteiger partial charge in [-0.05, 0) is 38.7 Å². The molecule has 1 amide bonds. The number of ether oxygens (including phenoxy) is 3. The molecule has 1 saturated heterocycles. The maximum Gasteiger partial charge on any atom is 0.332 e. The lowest BCUT2D eigenvalue weighted by Crippen LogP contribution is -2.61. The van der Waals surface area contributed by atoms with Crippen molar-refractivity contribution in [3.05, 3.63) is 62.7 Å². The van der Waals surface area contributed by atoms with Crippen LogP contribution in [0.2, 0.25) is 0 Å². The summed E-state index contributed by atoms with van der Waals surface area (Å²) in [5.74, 6) is -6.23. The molecule has 0 aromatic heterocycles. The number of fused-ring (bicyclic) bond motifs is 3. The molecule has 15 heteroatoms. The summed E-state index contributed by atoms with van der Waals surface area (Å²) in [5.41, 5.74) is -4.29. The number of hydrogen-bond donors (Lipinski definition) is 7. The van der Waals surface area contributed by atoms with Crippen LogP contribution in [0.5, 0.6) is 17.2 Å². The van der Waals surface area contributed by atoms with E-state index in [2.05, 4.69) is 5.32 Å². The molecule has 2 aromatic carbocycles. The molecule has 15 nitrogen and oxygen atoms in total. The van der Waals surface area contributed by atoms with Gasteiger partial charge >= 0.3 is 5.97 Å². The van der Waals surface area contributed by atoms with E-state index in [-0.39, 0.29) is 58.6 Å². The number of ketones is 3. The molecule has 4 aliphatic rings. The predicted molar refractivity (Wildman–Crippen MR) is 169 cm³/mol. The summed E-state index contributed by atoms with van der Waals surface area (Å²) >= 11 is 0. The van der Waals surface area contributed by atoms with Crippen LogP contribution >= 0.6 is 0 Å². The number of aliphatic carboxylic acids is 1. The van der Waals surface area contributed by atoms with E-state index < -0.39 is 107 Å². The first-order valence-corrected chi connectivity index (χ1v) is 16.2. The van der Waals surface area contributed by atoms with Gasteiger partial charge in [-0.1, -0.05) is 12.1 Å². The Morgan fingerprint density at radius 3 is 2.36 bits per heavy atom. The number of nitrogens with one attached hydrogen (secondary N) is 1. The van der Waals surface area contributed by atoms with Crippen molar-refractivity contribution in [2.75, 3.05) is 20.3 Å². The van der Waals surface area contributed by atoms with Crippen LogP contribution in [0.25, 0.3) is 0 Å². The second-order valence-corrected chi connectivity index (χ2v) is 13.0. The van der Waals surface area contributed by atoms with Crippen LogP contribution in [0, 0.1) is 0 Å². The number of carboxylic acids is 1. The molecule has 0 saturated carbocycles. The first kappa shape index (κ1) is 35.2. The van der Waals surface area contributed by atoms with Crippen molar-refractivity contribution in [1.82, 2.24) is 5.32 Å². The van der Waals surface area contributed by atoms with Crippen molar-refractivity contribution in [3.8, 4) is 17.2 Å². The molecule has 3 aliphatic carbocycles. The fourth-order valence-electron chi connectivity index (χ4n) is 7.50. The number of amides is 1. The molecule has 0 spiro atoms. The summed E-state index contributed by atoms with van der Waals surface area (Å²) in [5, 5.41) is 68.2. The van der Waals surface area contributed by atoms with Gasteiger partial charge in [0, 0.05) is 40.7 Å². The number of phenolic OH excluding ortho intramolecular Hbond substituents is 2. The van der Waals surface area contributed by atoms with Gasteiger partial charge < -0.3 is 50.2 Å². The average molecular weight is 696 g/mol. The van der Waals surface area contributed by atoms with E-state index in [1.54, 1.807) is 6.92 Å². The normalized spacial score (nSPS) is 27.6. The van der Waals surface area contributed by atoms with Crippen LogP contribution in [-0.2, 0) is 30.3 Å².